The third-order valence-corrected chi connectivity index (χ3v) is 9.09. The van der Waals surface area contributed by atoms with Crippen LogP contribution < -0.4 is 10.0 Å². The Balaban J connectivity index is 1.44. The van der Waals surface area contributed by atoms with Gasteiger partial charge in [0.25, 0.3) is 0 Å². The van der Waals surface area contributed by atoms with Crippen molar-refractivity contribution >= 4 is 15.9 Å². The maximum absolute atomic E-state index is 13.0. The molecule has 0 saturated carbocycles. The minimum absolute atomic E-state index is 0.0922. The molecule has 0 aliphatic carbocycles. The molecular weight excluding hydrogens is 446 g/mol. The Hall–Kier alpha value is -2.22. The van der Waals surface area contributed by atoms with E-state index in [0.717, 1.165) is 66.7 Å². The first-order valence-electron chi connectivity index (χ1n) is 12.2. The van der Waals surface area contributed by atoms with Crippen LogP contribution in [0.15, 0.2) is 35.2 Å². The van der Waals surface area contributed by atoms with Gasteiger partial charge in [-0.1, -0.05) is 30.3 Å². The first-order chi connectivity index (χ1) is 16.1. The van der Waals surface area contributed by atoms with Crippen molar-refractivity contribution in [2.24, 2.45) is 0 Å². The summed E-state index contributed by atoms with van der Waals surface area (Å²) in [5.41, 5.74) is 6.02. The fourth-order valence-electron chi connectivity index (χ4n) is 4.77. The molecule has 1 amide bonds. The summed E-state index contributed by atoms with van der Waals surface area (Å²) in [5.74, 6) is -0.102. The summed E-state index contributed by atoms with van der Waals surface area (Å²) in [6.45, 7) is 12.7. The summed E-state index contributed by atoms with van der Waals surface area (Å²) >= 11 is 0. The number of piperidine rings is 1. The number of nitrogens with one attached hydrogen (secondary N) is 2. The van der Waals surface area contributed by atoms with Crippen LogP contribution in [0.5, 0.6) is 0 Å². The number of amides is 1. The van der Waals surface area contributed by atoms with Gasteiger partial charge in [0, 0.05) is 38.6 Å². The highest BCUT2D eigenvalue weighted by Crippen LogP contribution is 2.29. The summed E-state index contributed by atoms with van der Waals surface area (Å²) in [6.07, 6.45) is 3.02. The minimum atomic E-state index is -3.69. The molecule has 0 aromatic heterocycles. The van der Waals surface area contributed by atoms with Gasteiger partial charge < -0.3 is 10.2 Å². The van der Waals surface area contributed by atoms with E-state index >= 15 is 0 Å². The van der Waals surface area contributed by atoms with Crippen molar-refractivity contribution in [2.45, 2.75) is 71.2 Å². The third kappa shape index (κ3) is 6.46. The van der Waals surface area contributed by atoms with Gasteiger partial charge in [-0.3, -0.25) is 4.79 Å². The van der Waals surface area contributed by atoms with Crippen molar-refractivity contribution in [3.05, 3.63) is 63.7 Å². The van der Waals surface area contributed by atoms with E-state index in [4.69, 9.17) is 0 Å². The van der Waals surface area contributed by atoms with E-state index in [9.17, 15) is 13.2 Å². The molecule has 2 N–H and O–H groups in total. The van der Waals surface area contributed by atoms with Crippen LogP contribution in [-0.4, -0.2) is 51.4 Å². The summed E-state index contributed by atoms with van der Waals surface area (Å²) in [4.78, 5) is 15.2. The van der Waals surface area contributed by atoms with Gasteiger partial charge in [-0.2, -0.15) is 0 Å². The first-order valence-corrected chi connectivity index (χ1v) is 13.7. The molecule has 1 saturated heterocycles. The van der Waals surface area contributed by atoms with Crippen LogP contribution in [0.25, 0.3) is 0 Å². The SMILES string of the molecule is Cc1c(C)c(C)c(S(=O)(=O)NCCC(=O)NC2CCN(CCc3ccccc3)CC2)c(C)c1C. The van der Waals surface area contributed by atoms with Crippen LogP contribution >= 0.6 is 0 Å². The molecule has 0 bridgehead atoms. The highest BCUT2D eigenvalue weighted by molar-refractivity contribution is 7.89. The molecule has 7 heteroatoms. The number of hydrogen-bond donors (Lipinski definition) is 2. The predicted octanol–water partition coefficient (Wildman–Crippen LogP) is 3.72. The quantitative estimate of drug-likeness (QED) is 0.567. The standard InChI is InChI=1S/C27H39N3O3S/c1-19-20(2)22(4)27(23(5)21(19)3)34(32,33)28-15-11-26(31)29-25-13-17-30(18-14-25)16-12-24-9-7-6-8-10-24/h6-10,25,28H,11-18H2,1-5H3,(H,29,31). The highest BCUT2D eigenvalue weighted by atomic mass is 32.2. The Morgan fingerprint density at radius 1 is 0.912 bits per heavy atom. The number of rotatable bonds is 9. The smallest absolute Gasteiger partial charge is 0.241 e. The zero-order valence-electron chi connectivity index (χ0n) is 21.2. The first kappa shape index (κ1) is 26.4. The van der Waals surface area contributed by atoms with E-state index in [0.29, 0.717) is 4.90 Å². The molecule has 0 atom stereocenters. The molecule has 1 heterocycles. The van der Waals surface area contributed by atoms with E-state index in [-0.39, 0.29) is 24.9 Å². The van der Waals surface area contributed by atoms with Crippen molar-refractivity contribution in [1.82, 2.24) is 14.9 Å². The molecule has 1 fully saturated rings. The lowest BCUT2D eigenvalue weighted by Crippen LogP contribution is -2.45. The fraction of sp³-hybridized carbons (Fsp3) is 0.519. The number of likely N-dealkylation sites (tertiary alicyclic amines) is 1. The van der Waals surface area contributed by atoms with Gasteiger partial charge in [-0.05, 0) is 87.3 Å². The number of carbonyl (C=O) groups excluding carboxylic acids is 1. The number of carbonyl (C=O) groups is 1. The summed E-state index contributed by atoms with van der Waals surface area (Å²) in [6, 6.07) is 10.7. The molecule has 3 rings (SSSR count). The van der Waals surface area contributed by atoms with Gasteiger partial charge in [0.15, 0.2) is 0 Å². The van der Waals surface area contributed by atoms with Crippen LogP contribution in [0.1, 0.15) is 52.6 Å². The van der Waals surface area contributed by atoms with Crippen LogP contribution in [0, 0.1) is 34.6 Å². The van der Waals surface area contributed by atoms with Crippen LogP contribution in [0.3, 0.4) is 0 Å². The second-order valence-corrected chi connectivity index (χ2v) is 11.2. The predicted molar refractivity (Wildman–Crippen MR) is 138 cm³/mol. The molecule has 6 nitrogen and oxygen atoms in total. The van der Waals surface area contributed by atoms with Crippen molar-refractivity contribution in [3.63, 3.8) is 0 Å². The van der Waals surface area contributed by atoms with Crippen LogP contribution in [-0.2, 0) is 21.2 Å². The van der Waals surface area contributed by atoms with Gasteiger partial charge in [0.2, 0.25) is 15.9 Å². The number of hydrogen-bond acceptors (Lipinski definition) is 4. The third-order valence-electron chi connectivity index (χ3n) is 7.36. The van der Waals surface area contributed by atoms with E-state index in [1.54, 1.807) is 0 Å². The van der Waals surface area contributed by atoms with Gasteiger partial charge in [0.1, 0.15) is 0 Å². The maximum atomic E-state index is 13.0. The van der Waals surface area contributed by atoms with Crippen LogP contribution in [0.4, 0.5) is 0 Å². The Bertz CT molecular complexity index is 1080. The topological polar surface area (TPSA) is 78.5 Å². The lowest BCUT2D eigenvalue weighted by Gasteiger charge is -2.32. The number of benzene rings is 2. The van der Waals surface area contributed by atoms with E-state index < -0.39 is 10.0 Å². The second kappa shape index (κ2) is 11.5. The Morgan fingerprint density at radius 2 is 1.47 bits per heavy atom. The molecule has 1 aliphatic heterocycles. The summed E-state index contributed by atoms with van der Waals surface area (Å²) < 4.78 is 28.7. The number of nitrogens with zero attached hydrogens (tertiary/aromatic N) is 1. The van der Waals surface area contributed by atoms with Gasteiger partial charge >= 0.3 is 0 Å². The molecule has 2 aromatic carbocycles. The Labute approximate surface area is 205 Å². The van der Waals surface area contributed by atoms with Gasteiger partial charge in [0.05, 0.1) is 4.90 Å². The molecule has 0 radical (unpaired) electrons. The molecule has 1 aliphatic rings. The second-order valence-electron chi connectivity index (χ2n) is 9.52. The molecule has 34 heavy (non-hydrogen) atoms. The molecule has 0 unspecified atom stereocenters. The van der Waals surface area contributed by atoms with E-state index in [1.165, 1.54) is 5.56 Å². The largest absolute Gasteiger partial charge is 0.353 e. The molecular formula is C27H39N3O3S. The number of sulfonamides is 1. The maximum Gasteiger partial charge on any atom is 0.241 e. The Kier molecular flexibility index (Phi) is 8.90. The van der Waals surface area contributed by atoms with Gasteiger partial charge in [-0.25, -0.2) is 13.1 Å². The van der Waals surface area contributed by atoms with E-state index in [1.807, 2.05) is 40.7 Å². The average molecular weight is 486 g/mol. The molecule has 0 spiro atoms. The Morgan fingerprint density at radius 3 is 2.06 bits per heavy atom. The molecule has 2 aromatic rings. The van der Waals surface area contributed by atoms with Crippen LogP contribution in [0.2, 0.25) is 0 Å². The zero-order valence-corrected chi connectivity index (χ0v) is 22.0. The van der Waals surface area contributed by atoms with E-state index in [2.05, 4.69) is 39.2 Å². The fourth-order valence-corrected chi connectivity index (χ4v) is 6.40. The normalized spacial score (nSPS) is 15.4. The average Bonchev–Trinajstić information content (AvgIpc) is 2.81. The molecule has 186 valence electrons. The van der Waals surface area contributed by atoms with Crippen molar-refractivity contribution < 1.29 is 13.2 Å². The highest BCUT2D eigenvalue weighted by Gasteiger charge is 2.24. The summed E-state index contributed by atoms with van der Waals surface area (Å²) in [7, 11) is -3.69. The van der Waals surface area contributed by atoms with Crippen molar-refractivity contribution in [2.75, 3.05) is 26.2 Å². The zero-order chi connectivity index (χ0) is 24.9. The monoisotopic (exact) mass is 485 g/mol. The van der Waals surface area contributed by atoms with Gasteiger partial charge in [-0.15, -0.1) is 0 Å². The lowest BCUT2D eigenvalue weighted by molar-refractivity contribution is -0.121. The van der Waals surface area contributed by atoms with Crippen molar-refractivity contribution in [3.8, 4) is 0 Å². The summed E-state index contributed by atoms with van der Waals surface area (Å²) in [5, 5.41) is 3.09. The lowest BCUT2D eigenvalue weighted by atomic mass is 9.95. The minimum Gasteiger partial charge on any atom is -0.353 e. The van der Waals surface area contributed by atoms with Crippen molar-refractivity contribution in [1.29, 1.82) is 0 Å².